The van der Waals surface area contributed by atoms with Gasteiger partial charge in [0.05, 0.1) is 22.8 Å². The molecular formula is C18H21N5S. The van der Waals surface area contributed by atoms with E-state index in [0.717, 1.165) is 48.3 Å². The van der Waals surface area contributed by atoms with Crippen LogP contribution in [0, 0.1) is 13.8 Å². The van der Waals surface area contributed by atoms with Crippen LogP contribution < -0.4 is 0 Å². The van der Waals surface area contributed by atoms with E-state index in [-0.39, 0.29) is 0 Å². The third kappa shape index (κ3) is 2.76. The number of nitrogens with zero attached hydrogens (tertiary/aromatic N) is 5. The summed E-state index contributed by atoms with van der Waals surface area (Å²) in [6.45, 7) is 6.97. The topological polar surface area (TPSA) is 46.8 Å². The molecular weight excluding hydrogens is 318 g/mol. The van der Waals surface area contributed by atoms with Gasteiger partial charge in [0.25, 0.3) is 0 Å². The van der Waals surface area contributed by atoms with E-state index in [1.54, 1.807) is 11.3 Å². The summed E-state index contributed by atoms with van der Waals surface area (Å²) in [6.07, 6.45) is 2.97. The molecule has 0 bridgehead atoms. The van der Waals surface area contributed by atoms with Crippen molar-refractivity contribution in [2.24, 2.45) is 7.05 Å². The van der Waals surface area contributed by atoms with Crippen LogP contribution in [-0.2, 0) is 26.6 Å². The molecule has 0 saturated carbocycles. The predicted molar refractivity (Wildman–Crippen MR) is 95.8 cm³/mol. The highest BCUT2D eigenvalue weighted by atomic mass is 32.1. The minimum Gasteiger partial charge on any atom is -0.334 e. The van der Waals surface area contributed by atoms with Crippen LogP contribution >= 0.6 is 11.3 Å². The van der Waals surface area contributed by atoms with Gasteiger partial charge in [-0.15, -0.1) is 11.3 Å². The molecule has 4 heterocycles. The van der Waals surface area contributed by atoms with Gasteiger partial charge in [0.15, 0.2) is 5.82 Å². The molecule has 0 aliphatic carbocycles. The van der Waals surface area contributed by atoms with Gasteiger partial charge in [-0.2, -0.15) is 0 Å². The summed E-state index contributed by atoms with van der Waals surface area (Å²) >= 11 is 1.69. The number of aromatic nitrogens is 4. The fourth-order valence-electron chi connectivity index (χ4n) is 3.16. The lowest BCUT2D eigenvalue weighted by Crippen LogP contribution is -2.31. The highest BCUT2D eigenvalue weighted by Crippen LogP contribution is 2.24. The number of fused-ring (bicyclic) bond motifs is 1. The standard InChI is InChI=1S/C18H21N5S/c1-12-13(2)22(3)17(20-12)11-23-7-6-15-14(10-23)9-19-18(21-15)16-5-4-8-24-16/h4-5,8-9H,6-7,10-11H2,1-3H3. The Balaban J connectivity index is 1.53. The smallest absolute Gasteiger partial charge is 0.169 e. The molecule has 124 valence electrons. The van der Waals surface area contributed by atoms with Crippen molar-refractivity contribution >= 4 is 11.3 Å². The van der Waals surface area contributed by atoms with Crippen LogP contribution in [0.2, 0.25) is 0 Å². The van der Waals surface area contributed by atoms with Crippen LogP contribution in [0.25, 0.3) is 10.7 Å². The van der Waals surface area contributed by atoms with Crippen LogP contribution in [0.15, 0.2) is 23.7 Å². The second-order valence-electron chi connectivity index (χ2n) is 6.36. The van der Waals surface area contributed by atoms with Crippen molar-refractivity contribution in [3.63, 3.8) is 0 Å². The Morgan fingerprint density at radius 3 is 2.83 bits per heavy atom. The zero-order valence-electron chi connectivity index (χ0n) is 14.3. The van der Waals surface area contributed by atoms with Gasteiger partial charge in [-0.3, -0.25) is 4.90 Å². The summed E-state index contributed by atoms with van der Waals surface area (Å²) in [6, 6.07) is 4.12. The van der Waals surface area contributed by atoms with Gasteiger partial charge in [-0.05, 0) is 25.3 Å². The van der Waals surface area contributed by atoms with Gasteiger partial charge >= 0.3 is 0 Å². The van der Waals surface area contributed by atoms with Gasteiger partial charge in [-0.25, -0.2) is 15.0 Å². The lowest BCUT2D eigenvalue weighted by molar-refractivity contribution is 0.234. The van der Waals surface area contributed by atoms with Gasteiger partial charge in [-0.1, -0.05) is 6.07 Å². The highest BCUT2D eigenvalue weighted by molar-refractivity contribution is 7.13. The molecule has 0 N–H and O–H groups in total. The predicted octanol–water partition coefficient (Wildman–Crippen LogP) is 3.11. The number of aryl methyl sites for hydroxylation is 1. The lowest BCUT2D eigenvalue weighted by atomic mass is 10.1. The lowest BCUT2D eigenvalue weighted by Gasteiger charge is -2.27. The van der Waals surface area contributed by atoms with Crippen molar-refractivity contribution in [2.45, 2.75) is 33.4 Å². The first-order chi connectivity index (χ1) is 11.6. The van der Waals surface area contributed by atoms with E-state index in [1.165, 1.54) is 17.0 Å². The normalized spacial score (nSPS) is 14.8. The zero-order chi connectivity index (χ0) is 16.7. The molecule has 6 heteroatoms. The van der Waals surface area contributed by atoms with Gasteiger partial charge in [0.2, 0.25) is 0 Å². The average molecular weight is 339 g/mol. The van der Waals surface area contributed by atoms with E-state index < -0.39 is 0 Å². The maximum atomic E-state index is 4.78. The van der Waals surface area contributed by atoms with Gasteiger partial charge in [0.1, 0.15) is 5.82 Å². The average Bonchev–Trinajstić information content (AvgIpc) is 3.20. The number of imidazole rings is 1. The van der Waals surface area contributed by atoms with Crippen molar-refractivity contribution in [1.29, 1.82) is 0 Å². The van der Waals surface area contributed by atoms with Crippen molar-refractivity contribution < 1.29 is 0 Å². The summed E-state index contributed by atoms with van der Waals surface area (Å²) in [5, 5.41) is 2.07. The fraction of sp³-hybridized carbons (Fsp3) is 0.389. The van der Waals surface area contributed by atoms with Crippen molar-refractivity contribution in [3.05, 3.63) is 52.2 Å². The van der Waals surface area contributed by atoms with Gasteiger partial charge < -0.3 is 4.57 Å². The molecule has 0 saturated heterocycles. The van der Waals surface area contributed by atoms with E-state index >= 15 is 0 Å². The van der Waals surface area contributed by atoms with E-state index in [2.05, 4.69) is 46.8 Å². The number of thiophene rings is 1. The molecule has 5 nitrogen and oxygen atoms in total. The summed E-state index contributed by atoms with van der Waals surface area (Å²) in [7, 11) is 2.10. The molecule has 24 heavy (non-hydrogen) atoms. The van der Waals surface area contributed by atoms with Crippen LogP contribution in [0.4, 0.5) is 0 Å². The van der Waals surface area contributed by atoms with Crippen molar-refractivity contribution in [2.75, 3.05) is 6.54 Å². The molecule has 0 amide bonds. The zero-order valence-corrected chi connectivity index (χ0v) is 15.1. The number of hydrogen-bond donors (Lipinski definition) is 0. The molecule has 1 aliphatic heterocycles. The van der Waals surface area contributed by atoms with E-state index in [4.69, 9.17) is 9.97 Å². The minimum absolute atomic E-state index is 0.854. The van der Waals surface area contributed by atoms with E-state index in [0.29, 0.717) is 0 Å². The Kier molecular flexibility index (Phi) is 3.94. The van der Waals surface area contributed by atoms with Crippen molar-refractivity contribution in [3.8, 4) is 10.7 Å². The Bertz CT molecular complexity index is 866. The third-order valence-electron chi connectivity index (χ3n) is 4.83. The molecule has 0 unspecified atom stereocenters. The monoisotopic (exact) mass is 339 g/mol. The summed E-state index contributed by atoms with van der Waals surface area (Å²) in [4.78, 5) is 17.6. The molecule has 0 aromatic carbocycles. The van der Waals surface area contributed by atoms with Crippen LogP contribution in [0.5, 0.6) is 0 Å². The highest BCUT2D eigenvalue weighted by Gasteiger charge is 2.21. The van der Waals surface area contributed by atoms with Crippen LogP contribution in [0.3, 0.4) is 0 Å². The molecule has 3 aromatic heterocycles. The maximum Gasteiger partial charge on any atom is 0.169 e. The second kappa shape index (κ2) is 6.11. The number of hydrogen-bond acceptors (Lipinski definition) is 5. The Hall–Kier alpha value is -2.05. The van der Waals surface area contributed by atoms with Crippen molar-refractivity contribution in [1.82, 2.24) is 24.4 Å². The Morgan fingerprint density at radius 2 is 2.12 bits per heavy atom. The molecule has 0 spiro atoms. The summed E-state index contributed by atoms with van der Waals surface area (Å²) in [5.41, 5.74) is 4.79. The summed E-state index contributed by atoms with van der Waals surface area (Å²) < 4.78 is 2.20. The number of rotatable bonds is 3. The van der Waals surface area contributed by atoms with Gasteiger partial charge in [0, 0.05) is 44.0 Å². The molecule has 0 radical (unpaired) electrons. The summed E-state index contributed by atoms with van der Waals surface area (Å²) in [5.74, 6) is 1.98. The minimum atomic E-state index is 0.854. The van der Waals surface area contributed by atoms with Crippen LogP contribution in [0.1, 0.15) is 28.5 Å². The van der Waals surface area contributed by atoms with E-state index in [1.807, 2.05) is 12.3 Å². The second-order valence-corrected chi connectivity index (χ2v) is 7.31. The molecule has 0 fully saturated rings. The molecule has 1 aliphatic rings. The first-order valence-electron chi connectivity index (χ1n) is 8.21. The Labute approximate surface area is 146 Å². The fourth-order valence-corrected chi connectivity index (χ4v) is 3.83. The third-order valence-corrected chi connectivity index (χ3v) is 5.70. The largest absolute Gasteiger partial charge is 0.334 e. The quantitative estimate of drug-likeness (QED) is 0.735. The first kappa shape index (κ1) is 15.5. The molecule has 3 aromatic rings. The Morgan fingerprint density at radius 1 is 1.25 bits per heavy atom. The molecule has 4 rings (SSSR count). The van der Waals surface area contributed by atoms with E-state index in [9.17, 15) is 0 Å². The SMILES string of the molecule is Cc1nc(CN2CCc3nc(-c4cccs4)ncc3C2)n(C)c1C. The van der Waals surface area contributed by atoms with Crippen LogP contribution in [-0.4, -0.2) is 31.0 Å². The molecule has 0 atom stereocenters. The first-order valence-corrected chi connectivity index (χ1v) is 9.09. The maximum absolute atomic E-state index is 4.78.